The number of nitrogens with zero attached hydrogens (tertiary/aromatic N) is 1. The zero-order chi connectivity index (χ0) is 22.2. The molecule has 0 heterocycles. The molecule has 0 unspecified atom stereocenters. The van der Waals surface area contributed by atoms with Crippen molar-refractivity contribution < 1.29 is 19.1 Å². The third-order valence-corrected chi connectivity index (χ3v) is 4.78. The number of rotatable bonds is 7. The molecule has 31 heavy (non-hydrogen) atoms. The molecule has 6 nitrogen and oxygen atoms in total. The number of hydrogen-bond acceptors (Lipinski definition) is 5. The van der Waals surface area contributed by atoms with Crippen LogP contribution >= 0.6 is 15.9 Å². The van der Waals surface area contributed by atoms with Crippen LogP contribution in [0.15, 0.2) is 76.3 Å². The summed E-state index contributed by atoms with van der Waals surface area (Å²) in [5.41, 5.74) is 5.45. The van der Waals surface area contributed by atoms with Gasteiger partial charge in [-0.05, 0) is 60.9 Å². The number of aryl methyl sites for hydroxylation is 2. The first kappa shape index (κ1) is 22.2. The van der Waals surface area contributed by atoms with Gasteiger partial charge in [-0.1, -0.05) is 52.3 Å². The minimum absolute atomic E-state index is 0.146. The molecule has 3 aromatic carbocycles. The maximum Gasteiger partial charge on any atom is 0.343 e. The van der Waals surface area contributed by atoms with Crippen molar-refractivity contribution in [2.24, 2.45) is 5.10 Å². The SMILES string of the molecule is Cc1cccc(C)c1OCC(=O)N/N=C/c1cccc(OC(=O)c2cccc(Br)c2)c1. The van der Waals surface area contributed by atoms with Crippen molar-refractivity contribution in [2.45, 2.75) is 13.8 Å². The van der Waals surface area contributed by atoms with Crippen LogP contribution in [0.2, 0.25) is 0 Å². The Morgan fingerprint density at radius 3 is 2.45 bits per heavy atom. The van der Waals surface area contributed by atoms with Crippen molar-refractivity contribution in [1.29, 1.82) is 0 Å². The lowest BCUT2D eigenvalue weighted by Crippen LogP contribution is -2.25. The maximum absolute atomic E-state index is 12.3. The first-order valence-corrected chi connectivity index (χ1v) is 10.3. The Hall–Kier alpha value is -3.45. The number of nitrogens with one attached hydrogen (secondary N) is 1. The van der Waals surface area contributed by atoms with Gasteiger partial charge in [-0.3, -0.25) is 4.79 Å². The summed E-state index contributed by atoms with van der Waals surface area (Å²) in [6.07, 6.45) is 1.47. The second kappa shape index (κ2) is 10.5. The zero-order valence-electron chi connectivity index (χ0n) is 17.1. The Morgan fingerprint density at radius 1 is 1.00 bits per heavy atom. The van der Waals surface area contributed by atoms with Gasteiger partial charge in [0.05, 0.1) is 11.8 Å². The van der Waals surface area contributed by atoms with Gasteiger partial charge >= 0.3 is 5.97 Å². The Bertz CT molecular complexity index is 1110. The molecule has 7 heteroatoms. The average molecular weight is 481 g/mol. The van der Waals surface area contributed by atoms with Gasteiger partial charge in [0.1, 0.15) is 11.5 Å². The fourth-order valence-corrected chi connectivity index (χ4v) is 3.21. The number of hydrogen-bond donors (Lipinski definition) is 1. The molecule has 0 bridgehead atoms. The topological polar surface area (TPSA) is 77.0 Å². The maximum atomic E-state index is 12.3. The van der Waals surface area contributed by atoms with Crippen LogP contribution in [0.4, 0.5) is 0 Å². The van der Waals surface area contributed by atoms with E-state index in [1.165, 1.54) is 6.21 Å². The molecule has 0 aliphatic heterocycles. The number of benzene rings is 3. The molecular formula is C24H21BrN2O4. The minimum atomic E-state index is -0.465. The van der Waals surface area contributed by atoms with Gasteiger partial charge in [0.15, 0.2) is 6.61 Å². The van der Waals surface area contributed by atoms with Crippen LogP contribution < -0.4 is 14.9 Å². The number of esters is 1. The number of amides is 1. The van der Waals surface area contributed by atoms with E-state index in [1.54, 1.807) is 42.5 Å². The van der Waals surface area contributed by atoms with Crippen molar-refractivity contribution in [1.82, 2.24) is 5.43 Å². The number of hydrazone groups is 1. The van der Waals surface area contributed by atoms with Crippen molar-refractivity contribution in [3.05, 3.63) is 93.5 Å². The zero-order valence-corrected chi connectivity index (χ0v) is 18.7. The molecule has 0 saturated carbocycles. The predicted octanol–water partition coefficient (Wildman–Crippen LogP) is 4.81. The van der Waals surface area contributed by atoms with E-state index in [0.717, 1.165) is 15.6 Å². The highest BCUT2D eigenvalue weighted by molar-refractivity contribution is 9.10. The van der Waals surface area contributed by atoms with E-state index in [9.17, 15) is 9.59 Å². The standard InChI is InChI=1S/C24H21BrN2O4/c1-16-6-3-7-17(2)23(16)30-15-22(28)27-26-14-18-8-4-11-21(12-18)31-24(29)19-9-5-10-20(25)13-19/h3-14H,15H2,1-2H3,(H,27,28)/b26-14+. The summed E-state index contributed by atoms with van der Waals surface area (Å²) in [6.45, 7) is 3.71. The largest absolute Gasteiger partial charge is 0.483 e. The highest BCUT2D eigenvalue weighted by Gasteiger charge is 2.09. The van der Waals surface area contributed by atoms with Gasteiger partial charge in [-0.15, -0.1) is 0 Å². The highest BCUT2D eigenvalue weighted by atomic mass is 79.9. The van der Waals surface area contributed by atoms with Crippen molar-refractivity contribution in [3.63, 3.8) is 0 Å². The number of carbonyl (C=O) groups excluding carboxylic acids is 2. The summed E-state index contributed by atoms with van der Waals surface area (Å²) in [5.74, 6) is 0.226. The summed E-state index contributed by atoms with van der Waals surface area (Å²) in [6, 6.07) is 19.6. The molecule has 0 saturated heterocycles. The van der Waals surface area contributed by atoms with Crippen LogP contribution in [0, 0.1) is 13.8 Å². The molecule has 0 spiro atoms. The molecule has 3 aromatic rings. The number of ether oxygens (including phenoxy) is 2. The van der Waals surface area contributed by atoms with Crippen molar-refractivity contribution in [3.8, 4) is 11.5 Å². The summed E-state index contributed by atoms with van der Waals surface area (Å²) < 4.78 is 11.8. The van der Waals surface area contributed by atoms with Crippen LogP contribution in [0.1, 0.15) is 27.0 Å². The minimum Gasteiger partial charge on any atom is -0.483 e. The van der Waals surface area contributed by atoms with Gasteiger partial charge < -0.3 is 9.47 Å². The van der Waals surface area contributed by atoms with E-state index >= 15 is 0 Å². The van der Waals surface area contributed by atoms with E-state index in [-0.39, 0.29) is 12.5 Å². The van der Waals surface area contributed by atoms with Crippen LogP contribution in [0.25, 0.3) is 0 Å². The Balaban J connectivity index is 1.54. The lowest BCUT2D eigenvalue weighted by molar-refractivity contribution is -0.123. The molecule has 0 aromatic heterocycles. The van der Waals surface area contributed by atoms with Gasteiger partial charge in [0.25, 0.3) is 5.91 Å². The molecule has 158 valence electrons. The van der Waals surface area contributed by atoms with Crippen molar-refractivity contribution in [2.75, 3.05) is 6.61 Å². The normalized spacial score (nSPS) is 10.7. The first-order chi connectivity index (χ1) is 14.9. The van der Waals surface area contributed by atoms with E-state index < -0.39 is 5.97 Å². The van der Waals surface area contributed by atoms with E-state index in [4.69, 9.17) is 9.47 Å². The Kier molecular flexibility index (Phi) is 7.56. The number of para-hydroxylation sites is 1. The average Bonchev–Trinajstić information content (AvgIpc) is 2.74. The van der Waals surface area contributed by atoms with Gasteiger partial charge in [0.2, 0.25) is 0 Å². The van der Waals surface area contributed by atoms with E-state index in [1.807, 2.05) is 38.1 Å². The van der Waals surface area contributed by atoms with E-state index in [0.29, 0.717) is 22.6 Å². The summed E-state index contributed by atoms with van der Waals surface area (Å²) in [5, 5.41) is 3.94. The quantitative estimate of drug-likeness (QED) is 0.227. The van der Waals surface area contributed by atoms with Gasteiger partial charge in [-0.2, -0.15) is 5.10 Å². The van der Waals surface area contributed by atoms with Crippen LogP contribution in [-0.2, 0) is 4.79 Å². The van der Waals surface area contributed by atoms with Crippen molar-refractivity contribution >= 4 is 34.0 Å². The van der Waals surface area contributed by atoms with Crippen LogP contribution in [0.5, 0.6) is 11.5 Å². The Morgan fingerprint density at radius 2 is 1.71 bits per heavy atom. The molecule has 3 rings (SSSR count). The lowest BCUT2D eigenvalue weighted by Gasteiger charge is -2.10. The highest BCUT2D eigenvalue weighted by Crippen LogP contribution is 2.22. The predicted molar refractivity (Wildman–Crippen MR) is 123 cm³/mol. The van der Waals surface area contributed by atoms with Gasteiger partial charge in [0, 0.05) is 4.47 Å². The molecule has 1 N–H and O–H groups in total. The smallest absolute Gasteiger partial charge is 0.343 e. The lowest BCUT2D eigenvalue weighted by atomic mass is 10.1. The summed E-state index contributed by atoms with van der Waals surface area (Å²) in [4.78, 5) is 24.3. The van der Waals surface area contributed by atoms with E-state index in [2.05, 4.69) is 26.5 Å². The van der Waals surface area contributed by atoms with Gasteiger partial charge in [-0.25, -0.2) is 10.2 Å². The third-order valence-electron chi connectivity index (χ3n) is 4.29. The first-order valence-electron chi connectivity index (χ1n) is 9.51. The van der Waals surface area contributed by atoms with Crippen LogP contribution in [0.3, 0.4) is 0 Å². The monoisotopic (exact) mass is 480 g/mol. The summed E-state index contributed by atoms with van der Waals surface area (Å²) >= 11 is 3.33. The molecular weight excluding hydrogens is 460 g/mol. The molecule has 0 radical (unpaired) electrons. The molecule has 0 aliphatic rings. The third kappa shape index (κ3) is 6.52. The second-order valence-corrected chi connectivity index (χ2v) is 7.69. The molecule has 0 fully saturated rings. The number of halogens is 1. The second-order valence-electron chi connectivity index (χ2n) is 6.78. The fraction of sp³-hybridized carbons (Fsp3) is 0.125. The molecule has 0 aliphatic carbocycles. The molecule has 1 amide bonds. The Labute approximate surface area is 189 Å². The summed E-state index contributed by atoms with van der Waals surface area (Å²) in [7, 11) is 0. The number of carbonyl (C=O) groups is 2. The fourth-order valence-electron chi connectivity index (χ4n) is 2.82. The van der Waals surface area contributed by atoms with Crippen LogP contribution in [-0.4, -0.2) is 24.7 Å². The molecule has 0 atom stereocenters.